The standard InChI is InChI=1S/C20H22N4OS2/c1-2-3-4-7-11-27-20-22-19(25)17-15-8-5-6-9-16(15)21-18(24(17)23-20)14-10-12-26-13-14/h5-6,8-10,12-13,18H,2-4,7,11H2,1H3,(H,22,23,25)/t18-/m0/s1. The molecular formula is C20H22N4OS2. The second-order valence-electron chi connectivity index (χ2n) is 6.54. The number of amidine groups is 1. The molecule has 0 bridgehead atoms. The fraction of sp³-hybridized carbons (Fsp3) is 0.350. The van der Waals surface area contributed by atoms with Crippen LogP contribution < -0.4 is 15.9 Å². The molecule has 2 aliphatic heterocycles. The van der Waals surface area contributed by atoms with Gasteiger partial charge < -0.3 is 0 Å². The molecular weight excluding hydrogens is 376 g/mol. The van der Waals surface area contributed by atoms with Gasteiger partial charge in [0, 0.05) is 16.5 Å². The highest BCUT2D eigenvalue weighted by Gasteiger charge is 2.34. The highest BCUT2D eigenvalue weighted by Crippen LogP contribution is 2.31. The highest BCUT2D eigenvalue weighted by molar-refractivity contribution is 8.13. The average molecular weight is 399 g/mol. The Bertz CT molecular complexity index is 968. The lowest BCUT2D eigenvalue weighted by Gasteiger charge is -2.33. The Labute approximate surface area is 166 Å². The van der Waals surface area contributed by atoms with Crippen LogP contribution in [0.4, 0.5) is 0 Å². The molecule has 0 aliphatic carbocycles. The van der Waals surface area contributed by atoms with E-state index in [2.05, 4.69) is 17.6 Å². The Balaban J connectivity index is 1.68. The first-order chi connectivity index (χ1) is 13.3. The molecule has 1 amide bonds. The summed E-state index contributed by atoms with van der Waals surface area (Å²) >= 11 is 3.24. The fourth-order valence-corrected chi connectivity index (χ4v) is 4.75. The number of para-hydroxylation sites is 1. The molecule has 1 N–H and O–H groups in total. The van der Waals surface area contributed by atoms with E-state index >= 15 is 0 Å². The summed E-state index contributed by atoms with van der Waals surface area (Å²) in [5, 5.41) is 15.9. The molecule has 27 heavy (non-hydrogen) atoms. The number of hydrogen-bond acceptors (Lipinski definition) is 6. The van der Waals surface area contributed by atoms with Gasteiger partial charge in [-0.25, -0.2) is 5.01 Å². The van der Waals surface area contributed by atoms with Crippen molar-refractivity contribution in [2.75, 3.05) is 5.75 Å². The van der Waals surface area contributed by atoms with Crippen molar-refractivity contribution in [3.63, 3.8) is 0 Å². The molecule has 140 valence electrons. The SMILES string of the molecule is CCCCCCSC1=NN2C(=c3ccccc3=N[C@@H]2c2ccsc2)C(=O)N1. The topological polar surface area (TPSA) is 57.1 Å². The monoisotopic (exact) mass is 398 g/mol. The minimum absolute atomic E-state index is 0.108. The van der Waals surface area contributed by atoms with Crippen LogP contribution >= 0.6 is 23.1 Å². The van der Waals surface area contributed by atoms with Crippen molar-refractivity contribution in [3.05, 3.63) is 57.2 Å². The van der Waals surface area contributed by atoms with E-state index in [0.717, 1.165) is 28.3 Å². The number of carbonyl (C=O) groups is 1. The van der Waals surface area contributed by atoms with Crippen LogP contribution in [0.15, 0.2) is 51.2 Å². The molecule has 7 heteroatoms. The normalized spacial score (nSPS) is 18.3. The Kier molecular flexibility index (Phi) is 5.59. The maximum absolute atomic E-state index is 12.9. The summed E-state index contributed by atoms with van der Waals surface area (Å²) in [7, 11) is 0. The van der Waals surface area contributed by atoms with E-state index in [4.69, 9.17) is 10.1 Å². The Hall–Kier alpha value is -2.12. The molecule has 1 atom stereocenters. The third-order valence-corrected chi connectivity index (χ3v) is 6.24. The summed E-state index contributed by atoms with van der Waals surface area (Å²) in [5.41, 5.74) is 1.63. The van der Waals surface area contributed by atoms with E-state index in [0.29, 0.717) is 10.9 Å². The van der Waals surface area contributed by atoms with E-state index in [1.54, 1.807) is 28.1 Å². The minimum Gasteiger partial charge on any atom is -0.298 e. The number of nitrogens with one attached hydrogen (secondary N) is 1. The van der Waals surface area contributed by atoms with Crippen molar-refractivity contribution >= 4 is 39.9 Å². The van der Waals surface area contributed by atoms with Crippen molar-refractivity contribution in [3.8, 4) is 0 Å². The minimum atomic E-state index is -0.303. The molecule has 0 spiro atoms. The molecule has 1 aromatic heterocycles. The number of unbranched alkanes of at least 4 members (excludes halogenated alkanes) is 3. The van der Waals surface area contributed by atoms with Gasteiger partial charge in [-0.05, 0) is 29.3 Å². The Morgan fingerprint density at radius 2 is 2.11 bits per heavy atom. The molecule has 0 saturated heterocycles. The van der Waals surface area contributed by atoms with Crippen LogP contribution in [0.3, 0.4) is 0 Å². The van der Waals surface area contributed by atoms with Gasteiger partial charge >= 0.3 is 0 Å². The molecule has 0 radical (unpaired) electrons. The predicted molar refractivity (Wildman–Crippen MR) is 112 cm³/mol. The van der Waals surface area contributed by atoms with Crippen molar-refractivity contribution in [1.29, 1.82) is 0 Å². The summed E-state index contributed by atoms with van der Waals surface area (Å²) in [6, 6.07) is 9.81. The Morgan fingerprint density at radius 1 is 1.22 bits per heavy atom. The maximum Gasteiger partial charge on any atom is 0.276 e. The van der Waals surface area contributed by atoms with Gasteiger partial charge in [-0.15, -0.1) is 5.10 Å². The van der Waals surface area contributed by atoms with E-state index in [9.17, 15) is 4.79 Å². The number of rotatable bonds is 6. The van der Waals surface area contributed by atoms with Gasteiger partial charge in [-0.3, -0.25) is 15.1 Å². The number of hydrogen-bond donors (Lipinski definition) is 1. The highest BCUT2D eigenvalue weighted by atomic mass is 32.2. The molecule has 0 fully saturated rings. The van der Waals surface area contributed by atoms with Crippen LogP contribution in [0.2, 0.25) is 0 Å². The maximum atomic E-state index is 12.9. The molecule has 3 heterocycles. The van der Waals surface area contributed by atoms with Gasteiger partial charge in [0.1, 0.15) is 5.70 Å². The van der Waals surface area contributed by atoms with Crippen molar-refractivity contribution in [1.82, 2.24) is 10.3 Å². The van der Waals surface area contributed by atoms with E-state index in [-0.39, 0.29) is 12.1 Å². The summed E-state index contributed by atoms with van der Waals surface area (Å²) in [6.45, 7) is 2.21. The van der Waals surface area contributed by atoms with Crippen LogP contribution in [0, 0.1) is 0 Å². The fourth-order valence-electron chi connectivity index (χ4n) is 3.23. The van der Waals surface area contributed by atoms with Crippen LogP contribution in [-0.4, -0.2) is 21.8 Å². The van der Waals surface area contributed by atoms with Gasteiger partial charge in [0.05, 0.1) is 5.36 Å². The lowest BCUT2D eigenvalue weighted by atomic mass is 10.1. The predicted octanol–water partition coefficient (Wildman–Crippen LogP) is 3.20. The number of carbonyl (C=O) groups excluding carboxylic acids is 1. The van der Waals surface area contributed by atoms with Gasteiger partial charge in [-0.2, -0.15) is 11.3 Å². The first-order valence-electron chi connectivity index (χ1n) is 9.29. The number of thioether (sulfide) groups is 1. The number of nitrogens with zero attached hydrogens (tertiary/aromatic N) is 3. The molecule has 2 aromatic rings. The first kappa shape index (κ1) is 18.3. The zero-order valence-corrected chi connectivity index (χ0v) is 16.9. The molecule has 2 aliphatic rings. The second kappa shape index (κ2) is 8.27. The van der Waals surface area contributed by atoms with Crippen molar-refractivity contribution in [2.24, 2.45) is 10.1 Å². The van der Waals surface area contributed by atoms with E-state index in [1.807, 2.05) is 35.7 Å². The zero-order valence-electron chi connectivity index (χ0n) is 15.2. The smallest absolute Gasteiger partial charge is 0.276 e. The van der Waals surface area contributed by atoms with Crippen LogP contribution in [0.5, 0.6) is 0 Å². The van der Waals surface area contributed by atoms with Crippen molar-refractivity contribution < 1.29 is 4.79 Å². The lowest BCUT2D eigenvalue weighted by Crippen LogP contribution is -2.50. The van der Waals surface area contributed by atoms with Gasteiger partial charge in [-0.1, -0.05) is 56.1 Å². The van der Waals surface area contributed by atoms with Gasteiger partial charge in [0.25, 0.3) is 5.91 Å². The first-order valence-corrected chi connectivity index (χ1v) is 11.2. The summed E-state index contributed by atoms with van der Waals surface area (Å²) < 4.78 is 0. The third-order valence-electron chi connectivity index (χ3n) is 4.59. The van der Waals surface area contributed by atoms with Crippen LogP contribution in [-0.2, 0) is 4.79 Å². The van der Waals surface area contributed by atoms with Gasteiger partial charge in [0.2, 0.25) is 0 Å². The third kappa shape index (κ3) is 3.80. The summed E-state index contributed by atoms with van der Waals surface area (Å²) in [6.07, 6.45) is 4.51. The zero-order chi connectivity index (χ0) is 18.6. The molecule has 1 aromatic carbocycles. The molecule has 4 rings (SSSR count). The number of thiophene rings is 1. The lowest BCUT2D eigenvalue weighted by molar-refractivity contribution is -0.116. The van der Waals surface area contributed by atoms with Gasteiger partial charge in [0.15, 0.2) is 11.3 Å². The number of benzene rings is 1. The molecule has 0 saturated carbocycles. The largest absolute Gasteiger partial charge is 0.298 e. The van der Waals surface area contributed by atoms with E-state index in [1.165, 1.54) is 19.3 Å². The number of amides is 1. The Morgan fingerprint density at radius 3 is 2.93 bits per heavy atom. The quantitative estimate of drug-likeness (QED) is 0.760. The summed E-state index contributed by atoms with van der Waals surface area (Å²) in [5.74, 6) is 0.850. The van der Waals surface area contributed by atoms with E-state index < -0.39 is 0 Å². The van der Waals surface area contributed by atoms with Crippen LogP contribution in [0.1, 0.15) is 44.3 Å². The van der Waals surface area contributed by atoms with Crippen molar-refractivity contribution in [2.45, 2.75) is 38.8 Å². The summed E-state index contributed by atoms with van der Waals surface area (Å²) in [4.78, 5) is 17.8. The number of hydrazone groups is 1. The molecule has 0 unspecified atom stereocenters. The second-order valence-corrected chi connectivity index (χ2v) is 8.40. The number of fused-ring (bicyclic) bond motifs is 2. The molecule has 5 nitrogen and oxygen atoms in total. The average Bonchev–Trinajstić information content (AvgIpc) is 3.21. The van der Waals surface area contributed by atoms with Crippen LogP contribution in [0.25, 0.3) is 5.70 Å².